The SMILES string of the molecule is CN(C)c1ccc(NC(=O)C2CCCN(Cc3ccco3)C2)cc1Cl. The monoisotopic (exact) mass is 361 g/mol. The molecule has 0 radical (unpaired) electrons. The molecule has 25 heavy (non-hydrogen) atoms. The third-order valence-electron chi connectivity index (χ3n) is 4.53. The highest BCUT2D eigenvalue weighted by atomic mass is 35.5. The minimum absolute atomic E-state index is 0.0176. The molecule has 1 amide bonds. The lowest BCUT2D eigenvalue weighted by Crippen LogP contribution is -2.40. The van der Waals surface area contributed by atoms with E-state index in [0.29, 0.717) is 5.02 Å². The second-order valence-corrected chi connectivity index (χ2v) is 7.11. The maximum absolute atomic E-state index is 12.6. The van der Waals surface area contributed by atoms with Gasteiger partial charge in [-0.3, -0.25) is 9.69 Å². The lowest BCUT2D eigenvalue weighted by Gasteiger charge is -2.31. The van der Waals surface area contributed by atoms with Crippen molar-refractivity contribution >= 4 is 28.9 Å². The molecule has 0 spiro atoms. The Morgan fingerprint density at radius 1 is 1.40 bits per heavy atom. The molecular formula is C19H24ClN3O2. The fourth-order valence-electron chi connectivity index (χ4n) is 3.23. The maximum atomic E-state index is 12.6. The van der Waals surface area contributed by atoms with Crippen LogP contribution in [0.2, 0.25) is 5.02 Å². The van der Waals surface area contributed by atoms with Crippen molar-refractivity contribution in [2.45, 2.75) is 19.4 Å². The van der Waals surface area contributed by atoms with Crippen LogP contribution < -0.4 is 10.2 Å². The third-order valence-corrected chi connectivity index (χ3v) is 4.84. The Labute approximate surface area is 153 Å². The number of nitrogens with one attached hydrogen (secondary N) is 1. The zero-order chi connectivity index (χ0) is 17.8. The number of piperidine rings is 1. The van der Waals surface area contributed by atoms with E-state index in [9.17, 15) is 4.79 Å². The standard InChI is InChI=1S/C19H24ClN3O2/c1-22(2)18-8-7-15(11-17(18)20)21-19(24)14-5-3-9-23(12-14)13-16-6-4-10-25-16/h4,6-8,10-11,14H,3,5,9,12-13H2,1-2H3,(H,21,24). The Morgan fingerprint density at radius 2 is 2.24 bits per heavy atom. The topological polar surface area (TPSA) is 48.7 Å². The first-order valence-corrected chi connectivity index (χ1v) is 8.93. The van der Waals surface area contributed by atoms with Gasteiger partial charge in [-0.05, 0) is 49.7 Å². The number of carbonyl (C=O) groups is 1. The summed E-state index contributed by atoms with van der Waals surface area (Å²) >= 11 is 6.28. The molecule has 1 atom stereocenters. The molecule has 1 aliphatic rings. The van der Waals surface area contributed by atoms with Gasteiger partial charge in [0.1, 0.15) is 5.76 Å². The average Bonchev–Trinajstić information content (AvgIpc) is 3.08. The molecule has 2 heterocycles. The van der Waals surface area contributed by atoms with Crippen molar-refractivity contribution in [3.8, 4) is 0 Å². The number of furan rings is 1. The summed E-state index contributed by atoms with van der Waals surface area (Å²) in [5, 5.41) is 3.64. The Bertz CT molecular complexity index is 715. The van der Waals surface area contributed by atoms with Gasteiger partial charge in [0.05, 0.1) is 29.4 Å². The number of benzene rings is 1. The Hall–Kier alpha value is -1.98. The average molecular weight is 362 g/mol. The highest BCUT2D eigenvalue weighted by Crippen LogP contribution is 2.28. The van der Waals surface area contributed by atoms with Crippen LogP contribution in [0.1, 0.15) is 18.6 Å². The predicted molar refractivity (Wildman–Crippen MR) is 101 cm³/mol. The summed E-state index contributed by atoms with van der Waals surface area (Å²) < 4.78 is 5.41. The van der Waals surface area contributed by atoms with Crippen molar-refractivity contribution in [2.75, 3.05) is 37.4 Å². The van der Waals surface area contributed by atoms with Gasteiger partial charge >= 0.3 is 0 Å². The van der Waals surface area contributed by atoms with E-state index in [4.69, 9.17) is 16.0 Å². The number of halogens is 1. The highest BCUT2D eigenvalue weighted by Gasteiger charge is 2.26. The van der Waals surface area contributed by atoms with Gasteiger partial charge in [-0.2, -0.15) is 0 Å². The first-order chi connectivity index (χ1) is 12.0. The minimum atomic E-state index is -0.0176. The van der Waals surface area contributed by atoms with Gasteiger partial charge in [0.15, 0.2) is 0 Å². The van der Waals surface area contributed by atoms with E-state index in [1.54, 1.807) is 12.3 Å². The van der Waals surface area contributed by atoms with Crippen LogP contribution in [0.5, 0.6) is 0 Å². The van der Waals surface area contributed by atoms with Gasteiger partial charge in [-0.25, -0.2) is 0 Å². The molecule has 1 aromatic heterocycles. The van der Waals surface area contributed by atoms with Crippen LogP contribution in [-0.4, -0.2) is 38.0 Å². The number of anilines is 2. The summed E-state index contributed by atoms with van der Waals surface area (Å²) in [6, 6.07) is 9.48. The molecule has 0 bridgehead atoms. The molecule has 1 saturated heterocycles. The second-order valence-electron chi connectivity index (χ2n) is 6.70. The van der Waals surface area contributed by atoms with Crippen molar-refractivity contribution in [1.82, 2.24) is 4.90 Å². The summed E-state index contributed by atoms with van der Waals surface area (Å²) in [6.07, 6.45) is 3.60. The van der Waals surface area contributed by atoms with Crippen LogP contribution in [0, 0.1) is 5.92 Å². The molecular weight excluding hydrogens is 338 g/mol. The van der Waals surface area contributed by atoms with Crippen molar-refractivity contribution in [1.29, 1.82) is 0 Å². The molecule has 3 rings (SSSR count). The Morgan fingerprint density at radius 3 is 2.92 bits per heavy atom. The fraction of sp³-hybridized carbons (Fsp3) is 0.421. The van der Waals surface area contributed by atoms with Crippen molar-refractivity contribution in [3.05, 3.63) is 47.4 Å². The largest absolute Gasteiger partial charge is 0.468 e. The highest BCUT2D eigenvalue weighted by molar-refractivity contribution is 6.33. The molecule has 1 fully saturated rings. The van der Waals surface area contributed by atoms with Crippen molar-refractivity contribution in [2.24, 2.45) is 5.92 Å². The van der Waals surface area contributed by atoms with E-state index in [2.05, 4.69) is 10.2 Å². The normalized spacial score (nSPS) is 18.1. The lowest BCUT2D eigenvalue weighted by molar-refractivity contribution is -0.121. The van der Waals surface area contributed by atoms with E-state index in [0.717, 1.165) is 49.6 Å². The number of hydrogen-bond donors (Lipinski definition) is 1. The molecule has 0 aliphatic carbocycles. The zero-order valence-corrected chi connectivity index (χ0v) is 15.4. The van der Waals surface area contributed by atoms with Gasteiger partial charge in [0.2, 0.25) is 5.91 Å². The number of likely N-dealkylation sites (tertiary alicyclic amines) is 1. The second kappa shape index (κ2) is 7.93. The minimum Gasteiger partial charge on any atom is -0.468 e. The summed E-state index contributed by atoms with van der Waals surface area (Å²) in [4.78, 5) is 16.8. The number of hydrogen-bond acceptors (Lipinski definition) is 4. The Kier molecular flexibility index (Phi) is 5.66. The quantitative estimate of drug-likeness (QED) is 0.878. The van der Waals surface area contributed by atoms with Gasteiger partial charge < -0.3 is 14.6 Å². The van der Waals surface area contributed by atoms with Crippen molar-refractivity contribution < 1.29 is 9.21 Å². The number of nitrogens with zero attached hydrogens (tertiary/aromatic N) is 2. The fourth-order valence-corrected chi connectivity index (χ4v) is 3.58. The summed E-state index contributed by atoms with van der Waals surface area (Å²) in [7, 11) is 3.88. The molecule has 1 N–H and O–H groups in total. The molecule has 1 aliphatic heterocycles. The van der Waals surface area contributed by atoms with Gasteiger partial charge in [-0.15, -0.1) is 0 Å². The summed E-state index contributed by atoms with van der Waals surface area (Å²) in [6.45, 7) is 2.49. The number of amides is 1. The summed E-state index contributed by atoms with van der Waals surface area (Å²) in [5.74, 6) is 0.973. The van der Waals surface area contributed by atoms with Crippen LogP contribution in [0.25, 0.3) is 0 Å². The smallest absolute Gasteiger partial charge is 0.228 e. The molecule has 5 nitrogen and oxygen atoms in total. The molecule has 0 saturated carbocycles. The van der Waals surface area contributed by atoms with Crippen molar-refractivity contribution in [3.63, 3.8) is 0 Å². The maximum Gasteiger partial charge on any atom is 0.228 e. The van der Waals surface area contributed by atoms with Gasteiger partial charge in [0, 0.05) is 26.3 Å². The number of rotatable bonds is 5. The zero-order valence-electron chi connectivity index (χ0n) is 14.7. The van der Waals surface area contributed by atoms with Crippen LogP contribution in [0.4, 0.5) is 11.4 Å². The van der Waals surface area contributed by atoms with Crippen LogP contribution in [0.15, 0.2) is 41.0 Å². The first-order valence-electron chi connectivity index (χ1n) is 8.55. The van der Waals surface area contributed by atoms with Gasteiger partial charge in [0.25, 0.3) is 0 Å². The molecule has 1 unspecified atom stereocenters. The van der Waals surface area contributed by atoms with E-state index >= 15 is 0 Å². The molecule has 134 valence electrons. The van der Waals surface area contributed by atoms with Gasteiger partial charge in [-0.1, -0.05) is 11.6 Å². The summed E-state index contributed by atoms with van der Waals surface area (Å²) in [5.41, 5.74) is 1.67. The first kappa shape index (κ1) is 17.8. The Balaban J connectivity index is 1.59. The van der Waals surface area contributed by atoms with E-state index in [1.165, 1.54) is 0 Å². The van der Waals surface area contributed by atoms with E-state index in [-0.39, 0.29) is 11.8 Å². The predicted octanol–water partition coefficient (Wildman–Crippen LogP) is 3.85. The lowest BCUT2D eigenvalue weighted by atomic mass is 9.97. The van der Waals surface area contributed by atoms with Crippen LogP contribution in [-0.2, 0) is 11.3 Å². The third kappa shape index (κ3) is 4.55. The molecule has 6 heteroatoms. The van der Waals surface area contributed by atoms with Crippen LogP contribution in [0.3, 0.4) is 0 Å². The van der Waals surface area contributed by atoms with E-state index < -0.39 is 0 Å². The van der Waals surface area contributed by atoms with Crippen LogP contribution >= 0.6 is 11.6 Å². The number of carbonyl (C=O) groups excluding carboxylic acids is 1. The molecule has 2 aromatic rings. The molecule has 1 aromatic carbocycles. The van der Waals surface area contributed by atoms with E-state index in [1.807, 2.05) is 43.3 Å².